The lowest BCUT2D eigenvalue weighted by molar-refractivity contribution is -0.127. The molecule has 5 rings (SSSR count). The number of hydrogen-bond donors (Lipinski definition) is 1. The van der Waals surface area contributed by atoms with Crippen molar-refractivity contribution in [2.75, 3.05) is 0 Å². The zero-order chi connectivity index (χ0) is 19.1. The van der Waals surface area contributed by atoms with Crippen LogP contribution >= 0.6 is 22.9 Å². The van der Waals surface area contributed by atoms with Crippen LogP contribution in [0, 0.1) is 17.8 Å². The molecule has 2 heterocycles. The fourth-order valence-electron chi connectivity index (χ4n) is 4.81. The summed E-state index contributed by atoms with van der Waals surface area (Å²) in [5.41, 5.74) is 2.00. The zero-order valence-corrected chi connectivity index (χ0v) is 16.7. The van der Waals surface area contributed by atoms with Gasteiger partial charge in [-0.25, -0.2) is 0 Å². The van der Waals surface area contributed by atoms with E-state index in [1.165, 1.54) is 0 Å². The first-order chi connectivity index (χ1) is 13.7. The first-order valence-corrected chi connectivity index (χ1v) is 10.9. The van der Waals surface area contributed by atoms with Crippen molar-refractivity contribution in [3.05, 3.63) is 57.6 Å². The minimum atomic E-state index is -0.0955. The van der Waals surface area contributed by atoms with Crippen LogP contribution in [0.4, 0.5) is 0 Å². The van der Waals surface area contributed by atoms with Crippen LogP contribution in [0.3, 0.4) is 0 Å². The number of amides is 1. The predicted octanol–water partition coefficient (Wildman–Crippen LogP) is 4.90. The number of fused-ring (bicyclic) bond motifs is 2. The number of carbonyl (C=O) groups excluding carboxylic acids is 1. The molecule has 2 fully saturated rings. The molecular weight excluding hydrogens is 394 g/mol. The van der Waals surface area contributed by atoms with Crippen LogP contribution in [0.1, 0.15) is 36.6 Å². The second-order valence-electron chi connectivity index (χ2n) is 7.70. The Balaban J connectivity index is 1.34. The lowest BCUT2D eigenvalue weighted by Gasteiger charge is -2.27. The molecule has 0 radical (unpaired) electrons. The van der Waals surface area contributed by atoms with Crippen LogP contribution in [0.25, 0.3) is 11.4 Å². The Morgan fingerprint density at radius 1 is 1.21 bits per heavy atom. The van der Waals surface area contributed by atoms with E-state index >= 15 is 0 Å². The van der Waals surface area contributed by atoms with Crippen LogP contribution in [0.15, 0.2) is 45.6 Å². The van der Waals surface area contributed by atoms with Crippen LogP contribution in [0.5, 0.6) is 0 Å². The van der Waals surface area contributed by atoms with Crippen molar-refractivity contribution in [2.24, 2.45) is 17.8 Å². The first kappa shape index (κ1) is 17.9. The summed E-state index contributed by atoms with van der Waals surface area (Å²) in [7, 11) is 0. The molecule has 2 bridgehead atoms. The maximum absolute atomic E-state index is 13.1. The van der Waals surface area contributed by atoms with Gasteiger partial charge in [0.15, 0.2) is 0 Å². The standard InChI is InChI=1S/C21H20ClN3O2S/c22-16-5-1-12(2-6-16)10-23-20(26)17-13-3-4-14(9-13)18(17)21-24-19(25-27-21)15-7-8-28-11-15/h1-2,5-8,11,13-14,17-18H,3-4,9-10H2,(H,23,26)/t13-,14+,17-,18-/m0/s1. The topological polar surface area (TPSA) is 68.0 Å². The van der Waals surface area contributed by atoms with Gasteiger partial charge in [-0.2, -0.15) is 16.3 Å². The molecular formula is C21H20ClN3O2S. The van der Waals surface area contributed by atoms with E-state index in [1.807, 2.05) is 41.1 Å². The van der Waals surface area contributed by atoms with Crippen LogP contribution in [-0.4, -0.2) is 16.0 Å². The van der Waals surface area contributed by atoms with E-state index in [-0.39, 0.29) is 17.7 Å². The Morgan fingerprint density at radius 3 is 2.82 bits per heavy atom. The second-order valence-corrected chi connectivity index (χ2v) is 8.91. The molecule has 0 saturated heterocycles. The average Bonchev–Trinajstić information content (AvgIpc) is 3.50. The largest absolute Gasteiger partial charge is 0.352 e. The van der Waals surface area contributed by atoms with Gasteiger partial charge in [-0.3, -0.25) is 4.79 Å². The number of thiophene rings is 1. The van der Waals surface area contributed by atoms with Crippen molar-refractivity contribution in [3.8, 4) is 11.4 Å². The van der Waals surface area contributed by atoms with Gasteiger partial charge in [0.25, 0.3) is 0 Å². The molecule has 28 heavy (non-hydrogen) atoms. The number of nitrogens with one attached hydrogen (secondary N) is 1. The van der Waals surface area contributed by atoms with Gasteiger partial charge < -0.3 is 9.84 Å². The molecule has 7 heteroatoms. The lowest BCUT2D eigenvalue weighted by atomic mass is 9.78. The Hall–Kier alpha value is -2.18. The van der Waals surface area contributed by atoms with E-state index in [2.05, 4.69) is 15.5 Å². The highest BCUT2D eigenvalue weighted by Crippen LogP contribution is 2.56. The Bertz CT molecular complexity index is 970. The van der Waals surface area contributed by atoms with E-state index in [0.29, 0.717) is 35.1 Å². The van der Waals surface area contributed by atoms with E-state index in [0.717, 1.165) is 30.4 Å². The van der Waals surface area contributed by atoms with Crippen molar-refractivity contribution in [2.45, 2.75) is 31.7 Å². The summed E-state index contributed by atoms with van der Waals surface area (Å²) in [4.78, 5) is 17.7. The Kier molecular flexibility index (Phi) is 4.69. The van der Waals surface area contributed by atoms with E-state index < -0.39 is 0 Å². The molecule has 144 valence electrons. The third-order valence-electron chi connectivity index (χ3n) is 6.11. The number of aromatic nitrogens is 2. The molecule has 1 N–H and O–H groups in total. The van der Waals surface area contributed by atoms with Gasteiger partial charge >= 0.3 is 0 Å². The summed E-state index contributed by atoms with van der Waals surface area (Å²) in [6, 6.07) is 9.54. The molecule has 2 aromatic heterocycles. The number of nitrogens with zero attached hydrogens (tertiary/aromatic N) is 2. The third kappa shape index (κ3) is 3.25. The maximum atomic E-state index is 13.1. The predicted molar refractivity (Wildman–Crippen MR) is 108 cm³/mol. The van der Waals surface area contributed by atoms with Gasteiger partial charge in [-0.05, 0) is 60.2 Å². The van der Waals surface area contributed by atoms with Crippen LogP contribution < -0.4 is 5.32 Å². The van der Waals surface area contributed by atoms with Gasteiger partial charge in [-0.15, -0.1) is 0 Å². The molecule has 1 aromatic carbocycles. The fraction of sp³-hybridized carbons (Fsp3) is 0.381. The first-order valence-electron chi connectivity index (χ1n) is 9.57. The highest BCUT2D eigenvalue weighted by Gasteiger charge is 2.53. The second kappa shape index (κ2) is 7.33. The molecule has 4 atom stereocenters. The van der Waals surface area contributed by atoms with E-state index in [1.54, 1.807) is 11.3 Å². The molecule has 1 amide bonds. The van der Waals surface area contributed by atoms with Gasteiger partial charge in [0.1, 0.15) is 0 Å². The Morgan fingerprint density at radius 2 is 2.04 bits per heavy atom. The average molecular weight is 414 g/mol. The monoisotopic (exact) mass is 413 g/mol. The molecule has 5 nitrogen and oxygen atoms in total. The third-order valence-corrected chi connectivity index (χ3v) is 7.04. The fourth-order valence-corrected chi connectivity index (χ4v) is 5.57. The summed E-state index contributed by atoms with van der Waals surface area (Å²) >= 11 is 7.54. The highest BCUT2D eigenvalue weighted by atomic mass is 35.5. The number of carbonyl (C=O) groups is 1. The van der Waals surface area contributed by atoms with Crippen LogP contribution in [0.2, 0.25) is 5.02 Å². The van der Waals surface area contributed by atoms with Crippen molar-refractivity contribution >= 4 is 28.8 Å². The van der Waals surface area contributed by atoms with Gasteiger partial charge in [0, 0.05) is 22.5 Å². The molecule has 3 aromatic rings. The molecule has 2 aliphatic carbocycles. The van der Waals surface area contributed by atoms with Crippen molar-refractivity contribution < 1.29 is 9.32 Å². The quantitative estimate of drug-likeness (QED) is 0.646. The smallest absolute Gasteiger partial charge is 0.231 e. The minimum Gasteiger partial charge on any atom is -0.352 e. The molecule has 0 unspecified atom stereocenters. The lowest BCUT2D eigenvalue weighted by Crippen LogP contribution is -2.37. The maximum Gasteiger partial charge on any atom is 0.231 e. The summed E-state index contributed by atoms with van der Waals surface area (Å²) in [5, 5.41) is 12.0. The Labute approximate surface area is 172 Å². The van der Waals surface area contributed by atoms with Gasteiger partial charge in [-0.1, -0.05) is 28.9 Å². The number of halogens is 1. The van der Waals surface area contributed by atoms with E-state index in [4.69, 9.17) is 16.1 Å². The highest BCUT2D eigenvalue weighted by molar-refractivity contribution is 7.08. The zero-order valence-electron chi connectivity index (χ0n) is 15.2. The van der Waals surface area contributed by atoms with Crippen molar-refractivity contribution in [1.82, 2.24) is 15.5 Å². The van der Waals surface area contributed by atoms with E-state index in [9.17, 15) is 4.79 Å². The summed E-state index contributed by atoms with van der Waals surface area (Å²) in [5.74, 6) is 2.08. The summed E-state index contributed by atoms with van der Waals surface area (Å²) in [6.07, 6.45) is 3.30. The molecule has 2 aliphatic rings. The van der Waals surface area contributed by atoms with Crippen LogP contribution in [-0.2, 0) is 11.3 Å². The summed E-state index contributed by atoms with van der Waals surface area (Å²) < 4.78 is 5.63. The minimum absolute atomic E-state index is 0.0175. The normalized spacial score (nSPS) is 25.9. The SMILES string of the molecule is O=C(NCc1ccc(Cl)cc1)[C@H]1[C@H]2CC[C@H](C2)[C@@H]1c1nc(-c2ccsc2)no1. The molecule has 2 saturated carbocycles. The number of rotatable bonds is 5. The summed E-state index contributed by atoms with van der Waals surface area (Å²) in [6.45, 7) is 0.501. The van der Waals surface area contributed by atoms with Gasteiger partial charge in [0.05, 0.1) is 11.8 Å². The number of benzene rings is 1. The van der Waals surface area contributed by atoms with Crippen molar-refractivity contribution in [1.29, 1.82) is 0 Å². The van der Waals surface area contributed by atoms with Gasteiger partial charge in [0.2, 0.25) is 17.6 Å². The molecule has 0 spiro atoms. The number of hydrogen-bond acceptors (Lipinski definition) is 5. The molecule has 0 aliphatic heterocycles. The van der Waals surface area contributed by atoms with Crippen molar-refractivity contribution in [3.63, 3.8) is 0 Å².